The number of carbonyl (C=O) groups excluding carboxylic acids is 3. The predicted octanol–water partition coefficient (Wildman–Crippen LogP) is 2.70. The van der Waals surface area contributed by atoms with Gasteiger partial charge in [0.25, 0.3) is 21.3 Å². The first-order valence-corrected chi connectivity index (χ1v) is 19.1. The molecule has 0 bridgehead atoms. The van der Waals surface area contributed by atoms with Gasteiger partial charge < -0.3 is 35.5 Å². The number of rotatable bonds is 20. The fourth-order valence-corrected chi connectivity index (χ4v) is 6.94. The molecule has 0 radical (unpaired) electrons. The average Bonchev–Trinajstić information content (AvgIpc) is 3.76. The first kappa shape index (κ1) is 40.0. The molecule has 0 unspecified atom stereocenters. The molecule has 1 amide bonds. The standard InChI is InChI=1S/C36H41N7O11S/c1-2-51-35(47)27(39-31(45)24-15-12-23(13-16-24)14-17-25-22-38-30-29(25)32(46)41-36(37)40-30)18-19-28(44)52-20-8-3-4-9-21-53-33-34(43(48)54-42-33)55(49,50)26-10-6-5-7-11-26/h5-7,10-13,15-16,22,27H,2-4,8-9,14,17-21H2,1H3,(H,39,45)(H4,37,38,40,41,46)/t27-/m0/s1. The van der Waals surface area contributed by atoms with Gasteiger partial charge in [-0.25, -0.2) is 13.2 Å². The number of aryl methyl sites for hydroxylation is 2. The van der Waals surface area contributed by atoms with Crippen LogP contribution in [0.4, 0.5) is 5.95 Å². The molecule has 0 spiro atoms. The molecular formula is C36H41N7O11S. The lowest BCUT2D eigenvalue weighted by Gasteiger charge is -2.17. The molecule has 5 rings (SSSR count). The summed E-state index contributed by atoms with van der Waals surface area (Å²) in [7, 11) is -4.21. The molecular weight excluding hydrogens is 739 g/mol. The second kappa shape index (κ2) is 18.7. The molecule has 2 aromatic carbocycles. The van der Waals surface area contributed by atoms with Crippen LogP contribution in [-0.4, -0.2) is 72.2 Å². The van der Waals surface area contributed by atoms with Gasteiger partial charge in [-0.2, -0.15) is 4.98 Å². The number of nitrogen functional groups attached to an aromatic ring is 1. The molecule has 19 heteroatoms. The van der Waals surface area contributed by atoms with E-state index in [1.807, 2.05) is 0 Å². The minimum atomic E-state index is -4.21. The Labute approximate surface area is 314 Å². The molecule has 5 aromatic rings. The maximum Gasteiger partial charge on any atom is 0.414 e. The van der Waals surface area contributed by atoms with Crippen LogP contribution in [0.15, 0.2) is 80.1 Å². The van der Waals surface area contributed by atoms with Crippen molar-refractivity contribution in [3.63, 3.8) is 0 Å². The Bertz CT molecular complexity index is 2250. The summed E-state index contributed by atoms with van der Waals surface area (Å²) in [5.74, 6) is -2.13. The van der Waals surface area contributed by atoms with Crippen molar-refractivity contribution in [2.45, 2.75) is 74.3 Å². The van der Waals surface area contributed by atoms with Gasteiger partial charge in [-0.3, -0.25) is 24.0 Å². The Kier molecular flexibility index (Phi) is 13.6. The van der Waals surface area contributed by atoms with Gasteiger partial charge in [-0.05, 0) is 92.2 Å². The smallest absolute Gasteiger partial charge is 0.414 e. The van der Waals surface area contributed by atoms with E-state index in [1.165, 1.54) is 24.3 Å². The van der Waals surface area contributed by atoms with Gasteiger partial charge in [0.15, 0.2) is 0 Å². The maximum absolute atomic E-state index is 13.0. The number of aromatic nitrogens is 5. The van der Waals surface area contributed by atoms with Crippen LogP contribution in [-0.2, 0) is 41.7 Å². The van der Waals surface area contributed by atoms with Crippen molar-refractivity contribution in [2.24, 2.45) is 0 Å². The molecule has 1 atom stereocenters. The molecule has 0 aliphatic rings. The number of nitrogens with one attached hydrogen (secondary N) is 3. The number of sulfone groups is 1. The number of fused-ring (bicyclic) bond motifs is 1. The van der Waals surface area contributed by atoms with Crippen molar-refractivity contribution >= 4 is 44.7 Å². The fraction of sp³-hybridized carbons (Fsp3) is 0.361. The van der Waals surface area contributed by atoms with Crippen molar-refractivity contribution in [1.82, 2.24) is 25.4 Å². The van der Waals surface area contributed by atoms with Crippen LogP contribution in [0.2, 0.25) is 0 Å². The van der Waals surface area contributed by atoms with Crippen molar-refractivity contribution < 1.29 is 46.5 Å². The van der Waals surface area contributed by atoms with Crippen molar-refractivity contribution in [1.29, 1.82) is 0 Å². The number of ether oxygens (including phenoxy) is 3. The number of nitrogens with two attached hydrogens (primary N) is 1. The molecule has 3 heterocycles. The summed E-state index contributed by atoms with van der Waals surface area (Å²) in [5.41, 5.74) is 7.70. The molecule has 55 heavy (non-hydrogen) atoms. The van der Waals surface area contributed by atoms with Crippen molar-refractivity contribution in [2.75, 3.05) is 25.6 Å². The lowest BCUT2D eigenvalue weighted by molar-refractivity contribution is -0.832. The molecule has 5 N–H and O–H groups in total. The summed E-state index contributed by atoms with van der Waals surface area (Å²) in [6.45, 7) is 1.92. The molecule has 0 saturated carbocycles. The SMILES string of the molecule is CCOC(=O)[C@H](CCC(=O)OCCCCCCOc1no[n+]([O-])c1S(=O)(=O)c1ccccc1)NC(=O)c1ccc(CCc2c[nH]c3nc(N)[nH]c(=O)c23)cc1. The number of nitrogens with zero attached hydrogens (tertiary/aromatic N) is 3. The van der Waals surface area contributed by atoms with Crippen molar-refractivity contribution in [3.05, 3.63) is 93.0 Å². The second-order valence-electron chi connectivity index (χ2n) is 12.3. The number of H-pyrrole nitrogens is 2. The summed E-state index contributed by atoms with van der Waals surface area (Å²) in [6, 6.07) is 13.1. The number of carbonyl (C=O) groups is 3. The number of hydrogen-bond acceptors (Lipinski definition) is 14. The molecule has 0 saturated heterocycles. The van der Waals surface area contributed by atoms with Crippen LogP contribution >= 0.6 is 0 Å². The second-order valence-corrected chi connectivity index (χ2v) is 14.2. The number of hydrogen-bond donors (Lipinski definition) is 4. The lowest BCUT2D eigenvalue weighted by Crippen LogP contribution is -2.42. The van der Waals surface area contributed by atoms with Crippen LogP contribution in [0.1, 0.15) is 66.9 Å². The van der Waals surface area contributed by atoms with E-state index in [2.05, 4.69) is 30.1 Å². The first-order valence-electron chi connectivity index (χ1n) is 17.6. The highest BCUT2D eigenvalue weighted by atomic mass is 32.2. The van der Waals surface area contributed by atoms with E-state index in [1.54, 1.807) is 43.5 Å². The van der Waals surface area contributed by atoms with E-state index in [9.17, 15) is 32.8 Å². The monoisotopic (exact) mass is 779 g/mol. The third-order valence-electron chi connectivity index (χ3n) is 8.45. The van der Waals surface area contributed by atoms with Gasteiger partial charge in [-0.1, -0.05) is 30.3 Å². The topological polar surface area (TPSA) is 266 Å². The molecule has 292 valence electrons. The van der Waals surface area contributed by atoms with E-state index in [4.69, 9.17) is 19.9 Å². The Morgan fingerprint density at radius 3 is 2.45 bits per heavy atom. The largest absolute Gasteiger partial charge is 0.466 e. The lowest BCUT2D eigenvalue weighted by atomic mass is 10.0. The summed E-state index contributed by atoms with van der Waals surface area (Å²) >= 11 is 0. The average molecular weight is 780 g/mol. The van der Waals surface area contributed by atoms with Crippen LogP contribution in [0.5, 0.6) is 5.88 Å². The number of unbranched alkanes of at least 4 members (excludes halogenated alkanes) is 3. The molecule has 0 fully saturated rings. The van der Waals surface area contributed by atoms with Gasteiger partial charge in [0.05, 0.1) is 35.3 Å². The number of aromatic amines is 2. The zero-order chi connectivity index (χ0) is 39.4. The highest BCUT2D eigenvalue weighted by Gasteiger charge is 2.35. The first-order chi connectivity index (χ1) is 26.5. The summed E-state index contributed by atoms with van der Waals surface area (Å²) in [4.78, 5) is 59.7. The van der Waals surface area contributed by atoms with Crippen LogP contribution in [0.25, 0.3) is 11.0 Å². The van der Waals surface area contributed by atoms with E-state index >= 15 is 0 Å². The zero-order valence-electron chi connectivity index (χ0n) is 29.9. The zero-order valence-corrected chi connectivity index (χ0v) is 30.8. The summed E-state index contributed by atoms with van der Waals surface area (Å²) < 4.78 is 46.0. The van der Waals surface area contributed by atoms with E-state index in [0.29, 0.717) is 55.1 Å². The normalized spacial score (nSPS) is 11.9. The molecule has 18 nitrogen and oxygen atoms in total. The Hall–Kier alpha value is -6.24. The van der Waals surface area contributed by atoms with Crippen molar-refractivity contribution in [3.8, 4) is 5.88 Å². The quantitative estimate of drug-likeness (QED) is 0.0503. The number of anilines is 1. The van der Waals surface area contributed by atoms with E-state index < -0.39 is 44.6 Å². The van der Waals surface area contributed by atoms with Gasteiger partial charge in [0.2, 0.25) is 5.95 Å². The van der Waals surface area contributed by atoms with Gasteiger partial charge in [0.1, 0.15) is 11.7 Å². The minimum absolute atomic E-state index is 0.0269. The highest BCUT2D eigenvalue weighted by Crippen LogP contribution is 2.25. The van der Waals surface area contributed by atoms with Crippen LogP contribution < -0.4 is 26.2 Å². The summed E-state index contributed by atoms with van der Waals surface area (Å²) in [5, 5.41) is 17.8. The highest BCUT2D eigenvalue weighted by molar-refractivity contribution is 7.91. The Morgan fingerprint density at radius 1 is 1.00 bits per heavy atom. The Balaban J connectivity index is 1.01. The van der Waals surface area contributed by atoms with Gasteiger partial charge >= 0.3 is 22.8 Å². The van der Waals surface area contributed by atoms with Crippen LogP contribution in [0, 0.1) is 5.21 Å². The third-order valence-corrected chi connectivity index (χ3v) is 10.2. The van der Waals surface area contributed by atoms with E-state index in [0.717, 1.165) is 11.1 Å². The van der Waals surface area contributed by atoms with Crippen LogP contribution in [0.3, 0.4) is 0 Å². The number of esters is 2. The number of amides is 1. The fourth-order valence-electron chi connectivity index (χ4n) is 5.64. The van der Waals surface area contributed by atoms with Gasteiger partial charge in [0, 0.05) is 18.2 Å². The van der Waals surface area contributed by atoms with E-state index in [-0.39, 0.29) is 54.0 Å². The van der Waals surface area contributed by atoms with Gasteiger partial charge in [-0.15, -0.1) is 0 Å². The third kappa shape index (κ3) is 10.5. The molecule has 3 aromatic heterocycles. The summed E-state index contributed by atoms with van der Waals surface area (Å²) in [6.07, 6.45) is 5.00. The molecule has 0 aliphatic heterocycles. The predicted molar refractivity (Wildman–Crippen MR) is 194 cm³/mol. The maximum atomic E-state index is 13.0. The molecule has 0 aliphatic carbocycles. The minimum Gasteiger partial charge on any atom is -0.466 e. The number of benzene rings is 2. The Morgan fingerprint density at radius 2 is 1.73 bits per heavy atom.